The van der Waals surface area contributed by atoms with Gasteiger partial charge in [-0.3, -0.25) is 19.2 Å². The molecule has 0 aliphatic rings. The Morgan fingerprint density at radius 1 is 0.963 bits per heavy atom. The zero-order valence-corrected chi connectivity index (χ0v) is 14.8. The lowest BCUT2D eigenvalue weighted by Crippen LogP contribution is -2.58. The van der Waals surface area contributed by atoms with Gasteiger partial charge in [-0.25, -0.2) is 4.79 Å². The summed E-state index contributed by atoms with van der Waals surface area (Å²) in [6.45, 7) is 1.52. The molecule has 0 saturated heterocycles. The topological polar surface area (TPSA) is 234 Å². The minimum Gasteiger partial charge on any atom is -0.480 e. The van der Waals surface area contributed by atoms with Crippen LogP contribution in [0.2, 0.25) is 0 Å². The van der Waals surface area contributed by atoms with Crippen molar-refractivity contribution in [3.63, 3.8) is 0 Å². The predicted octanol–water partition coefficient (Wildman–Crippen LogP) is -4.88. The molecule has 5 atom stereocenters. The van der Waals surface area contributed by atoms with Crippen molar-refractivity contribution >= 4 is 29.6 Å². The van der Waals surface area contributed by atoms with E-state index in [0.29, 0.717) is 0 Å². The van der Waals surface area contributed by atoms with Crippen LogP contribution in [0.5, 0.6) is 0 Å². The second kappa shape index (κ2) is 11.1. The third-order valence-corrected chi connectivity index (χ3v) is 3.37. The number of aliphatic hydroxyl groups is 2. The summed E-state index contributed by atoms with van der Waals surface area (Å²) >= 11 is 0. The lowest BCUT2D eigenvalue weighted by molar-refractivity contribution is -0.145. The Hall–Kier alpha value is -2.77. The van der Waals surface area contributed by atoms with E-state index in [9.17, 15) is 34.2 Å². The van der Waals surface area contributed by atoms with E-state index in [2.05, 4.69) is 10.6 Å². The van der Waals surface area contributed by atoms with Crippen LogP contribution >= 0.6 is 0 Å². The zero-order valence-electron chi connectivity index (χ0n) is 14.8. The molecule has 0 heterocycles. The molecule has 0 saturated carbocycles. The van der Waals surface area contributed by atoms with E-state index >= 15 is 0 Å². The highest BCUT2D eigenvalue weighted by molar-refractivity contribution is 5.94. The van der Waals surface area contributed by atoms with Crippen LogP contribution in [0.1, 0.15) is 20.3 Å². The molecule has 0 radical (unpaired) electrons. The van der Waals surface area contributed by atoms with Gasteiger partial charge in [0.25, 0.3) is 0 Å². The number of hydrogen-bond acceptors (Lipinski definition) is 8. The van der Waals surface area contributed by atoms with Gasteiger partial charge in [-0.1, -0.05) is 0 Å². The molecule has 4 amide bonds. The van der Waals surface area contributed by atoms with Crippen LogP contribution in [-0.4, -0.2) is 81.8 Å². The molecule has 154 valence electrons. The van der Waals surface area contributed by atoms with E-state index in [-0.39, 0.29) is 0 Å². The van der Waals surface area contributed by atoms with Gasteiger partial charge in [0.15, 0.2) is 6.04 Å². The van der Waals surface area contributed by atoms with Crippen LogP contribution < -0.4 is 27.4 Å². The number of aliphatic hydroxyl groups excluding tert-OH is 2. The SMILES string of the molecule is CC(NC(=O)C(N)CC(N)=O)C(=O)NC(CO)C(=O)NC(C(=O)O)C(C)O. The second-order valence-corrected chi connectivity index (χ2v) is 5.82. The molecular weight excluding hydrogens is 366 g/mol. The van der Waals surface area contributed by atoms with Gasteiger partial charge < -0.3 is 42.7 Å². The van der Waals surface area contributed by atoms with E-state index < -0.39 is 72.9 Å². The molecule has 0 aromatic heterocycles. The molecule has 0 spiro atoms. The van der Waals surface area contributed by atoms with Crippen molar-refractivity contribution in [3.05, 3.63) is 0 Å². The van der Waals surface area contributed by atoms with E-state index in [0.717, 1.165) is 6.92 Å². The fraction of sp³-hybridized carbons (Fsp3) is 0.643. The summed E-state index contributed by atoms with van der Waals surface area (Å²) in [5.41, 5.74) is 10.3. The monoisotopic (exact) mass is 391 g/mol. The average molecular weight is 391 g/mol. The summed E-state index contributed by atoms with van der Waals surface area (Å²) < 4.78 is 0. The molecule has 0 aliphatic heterocycles. The van der Waals surface area contributed by atoms with Crippen LogP contribution in [0, 0.1) is 0 Å². The Morgan fingerprint density at radius 3 is 1.93 bits per heavy atom. The van der Waals surface area contributed by atoms with Gasteiger partial charge in [0.2, 0.25) is 23.6 Å². The smallest absolute Gasteiger partial charge is 0.328 e. The Kier molecular flexibility index (Phi) is 9.92. The molecule has 27 heavy (non-hydrogen) atoms. The Morgan fingerprint density at radius 2 is 1.52 bits per heavy atom. The first-order chi connectivity index (χ1) is 12.4. The number of carbonyl (C=O) groups excluding carboxylic acids is 4. The van der Waals surface area contributed by atoms with Crippen LogP contribution in [-0.2, 0) is 24.0 Å². The number of rotatable bonds is 11. The summed E-state index contributed by atoms with van der Waals surface area (Å²) in [6.07, 6.45) is -1.86. The number of aliphatic carboxylic acids is 1. The fourth-order valence-electron chi connectivity index (χ4n) is 1.83. The zero-order chi connectivity index (χ0) is 21.3. The second-order valence-electron chi connectivity index (χ2n) is 5.82. The number of nitrogens with two attached hydrogens (primary N) is 2. The van der Waals surface area contributed by atoms with Crippen LogP contribution in [0.25, 0.3) is 0 Å². The first kappa shape index (κ1) is 24.2. The Labute approximate surface area is 154 Å². The molecule has 0 rings (SSSR count). The largest absolute Gasteiger partial charge is 0.480 e. The maximum absolute atomic E-state index is 12.0. The number of amides is 4. The van der Waals surface area contributed by atoms with Crippen LogP contribution in [0.3, 0.4) is 0 Å². The van der Waals surface area contributed by atoms with Gasteiger partial charge in [0, 0.05) is 0 Å². The maximum atomic E-state index is 12.0. The van der Waals surface area contributed by atoms with Crippen molar-refractivity contribution in [3.8, 4) is 0 Å². The standard InChI is InChI=1S/C14H25N5O8/c1-5(17-12(24)7(15)3-9(16)22)11(23)18-8(4-20)13(25)19-10(6(2)21)14(26)27/h5-8,10,20-21H,3-4,15H2,1-2H3,(H2,16,22)(H,17,24)(H,18,23)(H,19,25)(H,26,27). The lowest BCUT2D eigenvalue weighted by atomic mass is 10.1. The fourth-order valence-corrected chi connectivity index (χ4v) is 1.83. The van der Waals surface area contributed by atoms with Gasteiger partial charge in [-0.2, -0.15) is 0 Å². The van der Waals surface area contributed by atoms with Gasteiger partial charge in [-0.15, -0.1) is 0 Å². The Balaban J connectivity index is 4.82. The highest BCUT2D eigenvalue weighted by Crippen LogP contribution is 1.96. The van der Waals surface area contributed by atoms with Crippen molar-refractivity contribution in [1.82, 2.24) is 16.0 Å². The summed E-state index contributed by atoms with van der Waals surface area (Å²) in [7, 11) is 0. The lowest BCUT2D eigenvalue weighted by Gasteiger charge is -2.23. The summed E-state index contributed by atoms with van der Waals surface area (Å²) in [6, 6.07) is -5.63. The summed E-state index contributed by atoms with van der Waals surface area (Å²) in [4.78, 5) is 57.4. The van der Waals surface area contributed by atoms with Crippen LogP contribution in [0.4, 0.5) is 0 Å². The van der Waals surface area contributed by atoms with Gasteiger partial charge in [0.1, 0.15) is 12.1 Å². The van der Waals surface area contributed by atoms with Gasteiger partial charge in [0.05, 0.1) is 25.2 Å². The quantitative estimate of drug-likeness (QED) is 0.168. The summed E-state index contributed by atoms with van der Waals surface area (Å²) in [5.74, 6) is -5.08. The van der Waals surface area contributed by atoms with Gasteiger partial charge >= 0.3 is 5.97 Å². The minimum atomic E-state index is -1.65. The molecule has 0 fully saturated rings. The molecule has 5 unspecified atom stereocenters. The number of hydrogen-bond donors (Lipinski definition) is 8. The minimum absolute atomic E-state index is 0.433. The predicted molar refractivity (Wildman–Crippen MR) is 89.7 cm³/mol. The van der Waals surface area contributed by atoms with Gasteiger partial charge in [-0.05, 0) is 13.8 Å². The van der Waals surface area contributed by atoms with E-state index in [4.69, 9.17) is 16.6 Å². The molecule has 0 aliphatic carbocycles. The van der Waals surface area contributed by atoms with Crippen molar-refractivity contribution in [2.45, 2.75) is 50.5 Å². The molecule has 10 N–H and O–H groups in total. The van der Waals surface area contributed by atoms with E-state index in [1.165, 1.54) is 6.92 Å². The van der Waals surface area contributed by atoms with Crippen molar-refractivity contribution in [1.29, 1.82) is 0 Å². The van der Waals surface area contributed by atoms with E-state index in [1.807, 2.05) is 5.32 Å². The molecular formula is C14H25N5O8. The first-order valence-electron chi connectivity index (χ1n) is 7.87. The highest BCUT2D eigenvalue weighted by atomic mass is 16.4. The molecule has 0 bridgehead atoms. The molecule has 0 aromatic carbocycles. The van der Waals surface area contributed by atoms with E-state index in [1.54, 1.807) is 0 Å². The van der Waals surface area contributed by atoms with Crippen molar-refractivity contribution in [2.75, 3.05) is 6.61 Å². The molecule has 13 nitrogen and oxygen atoms in total. The normalized spacial score (nSPS) is 16.2. The van der Waals surface area contributed by atoms with Crippen molar-refractivity contribution < 1.29 is 39.3 Å². The molecule has 13 heteroatoms. The third-order valence-electron chi connectivity index (χ3n) is 3.37. The number of carboxylic acids is 1. The van der Waals surface area contributed by atoms with Crippen LogP contribution in [0.15, 0.2) is 0 Å². The maximum Gasteiger partial charge on any atom is 0.328 e. The number of carbonyl (C=O) groups is 5. The number of nitrogens with one attached hydrogen (secondary N) is 3. The average Bonchev–Trinajstić information content (AvgIpc) is 2.55. The molecule has 0 aromatic rings. The highest BCUT2D eigenvalue weighted by Gasteiger charge is 2.30. The van der Waals surface area contributed by atoms with Crippen molar-refractivity contribution in [2.24, 2.45) is 11.5 Å². The first-order valence-corrected chi connectivity index (χ1v) is 7.87. The number of primary amides is 1. The Bertz CT molecular complexity index is 582. The summed E-state index contributed by atoms with van der Waals surface area (Å²) in [5, 5.41) is 33.8. The third kappa shape index (κ3) is 8.44. The number of carboxylic acid groups (broad SMARTS) is 1.